The minimum Gasteiger partial charge on any atom is -0.330 e. The molecule has 2 N–H and O–H groups in total. The van der Waals surface area contributed by atoms with Crippen LogP contribution >= 0.6 is 0 Å². The molecule has 1 aromatic carbocycles. The van der Waals surface area contributed by atoms with Gasteiger partial charge >= 0.3 is 0 Å². The van der Waals surface area contributed by atoms with Crippen LogP contribution in [0.3, 0.4) is 0 Å². The van der Waals surface area contributed by atoms with Crippen molar-refractivity contribution in [2.75, 3.05) is 19.6 Å². The van der Waals surface area contributed by atoms with Crippen molar-refractivity contribution in [2.24, 2.45) is 5.73 Å². The van der Waals surface area contributed by atoms with E-state index in [0.29, 0.717) is 31.0 Å². The van der Waals surface area contributed by atoms with Crippen LogP contribution in [0, 0.1) is 0 Å². The average Bonchev–Trinajstić information content (AvgIpc) is 2.92. The second kappa shape index (κ2) is 11.2. The van der Waals surface area contributed by atoms with Crippen molar-refractivity contribution in [3.8, 4) is 0 Å². The molecule has 3 aromatic rings. The van der Waals surface area contributed by atoms with Crippen LogP contribution in [0.2, 0.25) is 0 Å². The van der Waals surface area contributed by atoms with Gasteiger partial charge in [-0.25, -0.2) is 8.42 Å². The first kappa shape index (κ1) is 25.0. The molecule has 0 radical (unpaired) electrons. The normalized spacial score (nSPS) is 18.1. The van der Waals surface area contributed by atoms with Gasteiger partial charge in [-0.3, -0.25) is 14.9 Å². The molecule has 5 rings (SSSR count). The molecule has 36 heavy (non-hydrogen) atoms. The summed E-state index contributed by atoms with van der Waals surface area (Å²) in [5.41, 5.74) is 11.4. The Morgan fingerprint density at radius 3 is 2.56 bits per heavy atom. The maximum atomic E-state index is 13.4. The van der Waals surface area contributed by atoms with Crippen molar-refractivity contribution >= 4 is 10.0 Å². The lowest BCUT2D eigenvalue weighted by Crippen LogP contribution is -2.36. The molecule has 0 saturated heterocycles. The monoisotopic (exact) mass is 505 g/mol. The van der Waals surface area contributed by atoms with Crippen LogP contribution < -0.4 is 5.73 Å². The summed E-state index contributed by atoms with van der Waals surface area (Å²) in [6.45, 7) is 3.19. The standard InChI is InChI=1S/C28H35N5O2S/c29-15-1-2-18-32(27-9-3-6-24-8-5-17-31-28(24)27)20-22-10-12-25(13-11-22)36(34,35)33-19-14-23-7-4-16-30-26(23)21-33/h4-5,7-8,10-13,16-17,27H,1-3,6,9,14-15,18-21,29H2. The third kappa shape index (κ3) is 5.37. The van der Waals surface area contributed by atoms with Gasteiger partial charge in [0, 0.05) is 25.5 Å². The number of hydrogen-bond donors (Lipinski definition) is 1. The molecule has 1 atom stereocenters. The van der Waals surface area contributed by atoms with Crippen molar-refractivity contribution in [3.63, 3.8) is 0 Å². The molecule has 0 amide bonds. The van der Waals surface area contributed by atoms with E-state index in [9.17, 15) is 8.42 Å². The van der Waals surface area contributed by atoms with Crippen LogP contribution in [0.25, 0.3) is 0 Å². The van der Waals surface area contributed by atoms with Crippen molar-refractivity contribution < 1.29 is 8.42 Å². The molecule has 0 bridgehead atoms. The summed E-state index contributed by atoms with van der Waals surface area (Å²) >= 11 is 0. The Kier molecular flexibility index (Phi) is 7.76. The largest absolute Gasteiger partial charge is 0.330 e. The highest BCUT2D eigenvalue weighted by atomic mass is 32.2. The van der Waals surface area contributed by atoms with Gasteiger partial charge in [-0.2, -0.15) is 4.31 Å². The highest BCUT2D eigenvalue weighted by Crippen LogP contribution is 2.34. The molecule has 7 nitrogen and oxygen atoms in total. The van der Waals surface area contributed by atoms with Crippen molar-refractivity contribution in [2.45, 2.75) is 62.6 Å². The van der Waals surface area contributed by atoms with Gasteiger partial charge < -0.3 is 5.73 Å². The second-order valence-corrected chi connectivity index (χ2v) is 11.7. The molecule has 8 heteroatoms. The summed E-state index contributed by atoms with van der Waals surface area (Å²) in [6.07, 6.45) is 9.65. The number of hydrogen-bond acceptors (Lipinski definition) is 6. The minimum absolute atomic E-state index is 0.275. The lowest BCUT2D eigenvalue weighted by molar-refractivity contribution is 0.163. The number of pyridine rings is 2. The molecule has 0 fully saturated rings. The van der Waals surface area contributed by atoms with E-state index in [-0.39, 0.29) is 6.04 Å². The van der Waals surface area contributed by atoms with Gasteiger partial charge in [0.1, 0.15) is 0 Å². The summed E-state index contributed by atoms with van der Waals surface area (Å²) in [4.78, 5) is 12.0. The van der Waals surface area contributed by atoms with E-state index < -0.39 is 10.0 Å². The van der Waals surface area contributed by atoms with Crippen LogP contribution in [-0.4, -0.2) is 47.2 Å². The highest BCUT2D eigenvalue weighted by molar-refractivity contribution is 7.89. The first-order valence-corrected chi connectivity index (χ1v) is 14.4. The number of aromatic nitrogens is 2. The quantitative estimate of drug-likeness (QED) is 0.444. The van der Waals surface area contributed by atoms with Gasteiger partial charge in [-0.05, 0) is 92.6 Å². The van der Waals surface area contributed by atoms with E-state index in [2.05, 4.69) is 16.0 Å². The summed E-state index contributed by atoms with van der Waals surface area (Å²) in [5, 5.41) is 0. The fraction of sp³-hybridized carbons (Fsp3) is 0.429. The Balaban J connectivity index is 1.33. The number of nitrogens with two attached hydrogens (primary N) is 1. The molecule has 0 spiro atoms. The van der Waals surface area contributed by atoms with Gasteiger partial charge in [0.15, 0.2) is 0 Å². The maximum absolute atomic E-state index is 13.4. The number of aryl methyl sites for hydroxylation is 1. The Bertz CT molecular complexity index is 1280. The smallest absolute Gasteiger partial charge is 0.243 e. The summed E-state index contributed by atoms with van der Waals surface area (Å²) in [6, 6.07) is 15.9. The Morgan fingerprint density at radius 2 is 1.75 bits per heavy atom. The average molecular weight is 506 g/mol. The van der Waals surface area contributed by atoms with E-state index in [1.807, 2.05) is 36.5 Å². The van der Waals surface area contributed by atoms with Gasteiger partial charge in [0.2, 0.25) is 10.0 Å². The Morgan fingerprint density at radius 1 is 0.972 bits per heavy atom. The van der Waals surface area contributed by atoms with Crippen LogP contribution in [0.5, 0.6) is 0 Å². The van der Waals surface area contributed by atoms with E-state index in [0.717, 1.165) is 62.0 Å². The van der Waals surface area contributed by atoms with Crippen LogP contribution in [-0.2, 0) is 36.0 Å². The number of sulfonamides is 1. The first-order valence-electron chi connectivity index (χ1n) is 13.0. The lowest BCUT2D eigenvalue weighted by Gasteiger charge is -2.35. The topological polar surface area (TPSA) is 92.4 Å². The molecule has 2 aromatic heterocycles. The molecular formula is C28H35N5O2S. The number of rotatable bonds is 9. The third-order valence-corrected chi connectivity index (χ3v) is 9.25. The predicted molar refractivity (Wildman–Crippen MR) is 141 cm³/mol. The molecule has 190 valence electrons. The molecule has 2 aliphatic rings. The van der Waals surface area contributed by atoms with Crippen molar-refractivity contribution in [1.29, 1.82) is 0 Å². The fourth-order valence-electron chi connectivity index (χ4n) is 5.43. The zero-order valence-corrected chi connectivity index (χ0v) is 21.5. The summed E-state index contributed by atoms with van der Waals surface area (Å²) < 4.78 is 28.3. The van der Waals surface area contributed by atoms with E-state index in [1.165, 1.54) is 11.3 Å². The summed E-state index contributed by atoms with van der Waals surface area (Å²) in [7, 11) is -3.57. The van der Waals surface area contributed by atoms with Crippen molar-refractivity contribution in [1.82, 2.24) is 19.2 Å². The number of unbranched alkanes of at least 4 members (excludes halogenated alkanes) is 1. The van der Waals surface area contributed by atoms with E-state index >= 15 is 0 Å². The van der Waals surface area contributed by atoms with E-state index in [4.69, 9.17) is 10.7 Å². The summed E-state index contributed by atoms with van der Waals surface area (Å²) in [5.74, 6) is 0. The molecule has 0 saturated carbocycles. The highest BCUT2D eigenvalue weighted by Gasteiger charge is 2.30. The van der Waals surface area contributed by atoms with Gasteiger partial charge in [-0.15, -0.1) is 0 Å². The third-order valence-electron chi connectivity index (χ3n) is 7.39. The zero-order chi connectivity index (χ0) is 25.0. The van der Waals surface area contributed by atoms with Gasteiger partial charge in [0.25, 0.3) is 0 Å². The molecule has 1 aliphatic heterocycles. The second-order valence-electron chi connectivity index (χ2n) is 9.76. The zero-order valence-electron chi connectivity index (χ0n) is 20.7. The number of fused-ring (bicyclic) bond motifs is 2. The van der Waals surface area contributed by atoms with Crippen LogP contribution in [0.1, 0.15) is 59.8 Å². The first-order chi connectivity index (χ1) is 17.6. The molecule has 3 heterocycles. The van der Waals surface area contributed by atoms with Gasteiger partial charge in [0.05, 0.1) is 28.9 Å². The van der Waals surface area contributed by atoms with Crippen LogP contribution in [0.4, 0.5) is 0 Å². The number of benzene rings is 1. The minimum atomic E-state index is -3.57. The van der Waals surface area contributed by atoms with E-state index in [1.54, 1.807) is 22.6 Å². The fourth-order valence-corrected chi connectivity index (χ4v) is 6.83. The number of nitrogens with zero attached hydrogens (tertiary/aromatic N) is 4. The maximum Gasteiger partial charge on any atom is 0.243 e. The Labute approximate surface area is 214 Å². The molecular weight excluding hydrogens is 470 g/mol. The Hall–Kier alpha value is -2.65. The molecule has 1 aliphatic carbocycles. The lowest BCUT2D eigenvalue weighted by atomic mass is 9.90. The van der Waals surface area contributed by atoms with Crippen LogP contribution in [0.15, 0.2) is 65.8 Å². The van der Waals surface area contributed by atoms with Crippen molar-refractivity contribution in [3.05, 3.63) is 89.0 Å². The predicted octanol–water partition coefficient (Wildman–Crippen LogP) is 3.84. The van der Waals surface area contributed by atoms with Gasteiger partial charge in [-0.1, -0.05) is 24.3 Å². The molecule has 1 unspecified atom stereocenters. The SMILES string of the molecule is NCCCCN(Cc1ccc(S(=O)(=O)N2CCc3cccnc3C2)cc1)C1CCCc2cccnc21.